The van der Waals surface area contributed by atoms with Gasteiger partial charge in [-0.1, -0.05) is 66.7 Å². The standard InChI is InChI=1S/C23H16FN/c24-22-5-3-4-21(16-22)19-9-7-17(8-10-19)18-11-13-20(14-12-18)23-6-1-2-15-25-23/h1-16H. The molecule has 0 fully saturated rings. The molecule has 0 amide bonds. The zero-order valence-corrected chi connectivity index (χ0v) is 13.6. The Bertz CT molecular complexity index is 974. The van der Waals surface area contributed by atoms with Gasteiger partial charge in [-0.3, -0.25) is 4.98 Å². The summed E-state index contributed by atoms with van der Waals surface area (Å²) in [5, 5.41) is 0. The predicted molar refractivity (Wildman–Crippen MR) is 101 cm³/mol. The second-order valence-corrected chi connectivity index (χ2v) is 5.88. The lowest BCUT2D eigenvalue weighted by Gasteiger charge is -2.06. The molecule has 1 heterocycles. The van der Waals surface area contributed by atoms with Crippen molar-refractivity contribution in [3.8, 4) is 33.5 Å². The average molecular weight is 325 g/mol. The molecule has 0 saturated heterocycles. The van der Waals surface area contributed by atoms with Gasteiger partial charge in [0.25, 0.3) is 0 Å². The van der Waals surface area contributed by atoms with Gasteiger partial charge in [0, 0.05) is 11.8 Å². The smallest absolute Gasteiger partial charge is 0.123 e. The van der Waals surface area contributed by atoms with E-state index >= 15 is 0 Å². The van der Waals surface area contributed by atoms with Gasteiger partial charge in [0.2, 0.25) is 0 Å². The van der Waals surface area contributed by atoms with Crippen molar-refractivity contribution in [1.29, 1.82) is 0 Å². The topological polar surface area (TPSA) is 12.9 Å². The summed E-state index contributed by atoms with van der Waals surface area (Å²) in [7, 11) is 0. The second kappa shape index (κ2) is 6.70. The maximum atomic E-state index is 13.4. The fourth-order valence-electron chi connectivity index (χ4n) is 2.89. The fraction of sp³-hybridized carbons (Fsp3) is 0. The summed E-state index contributed by atoms with van der Waals surface area (Å²) in [5.41, 5.74) is 6.24. The van der Waals surface area contributed by atoms with Gasteiger partial charge in [0.15, 0.2) is 0 Å². The van der Waals surface area contributed by atoms with E-state index in [-0.39, 0.29) is 5.82 Å². The lowest BCUT2D eigenvalue weighted by atomic mass is 9.99. The minimum atomic E-state index is -0.216. The quantitative estimate of drug-likeness (QED) is 0.435. The maximum Gasteiger partial charge on any atom is 0.123 e. The first-order chi connectivity index (χ1) is 12.3. The summed E-state index contributed by atoms with van der Waals surface area (Å²) in [6.45, 7) is 0. The van der Waals surface area contributed by atoms with E-state index < -0.39 is 0 Å². The zero-order valence-electron chi connectivity index (χ0n) is 13.6. The molecule has 3 aromatic carbocycles. The van der Waals surface area contributed by atoms with Crippen LogP contribution in [-0.4, -0.2) is 4.98 Å². The lowest BCUT2D eigenvalue weighted by molar-refractivity contribution is 0.628. The molecule has 0 aliphatic rings. The highest BCUT2D eigenvalue weighted by Gasteiger charge is 2.03. The number of aromatic nitrogens is 1. The third-order valence-electron chi connectivity index (χ3n) is 4.22. The van der Waals surface area contributed by atoms with Gasteiger partial charge in [-0.05, 0) is 46.5 Å². The molecule has 25 heavy (non-hydrogen) atoms. The average Bonchev–Trinajstić information content (AvgIpc) is 2.69. The van der Waals surface area contributed by atoms with Crippen molar-refractivity contribution >= 4 is 0 Å². The summed E-state index contributed by atoms with van der Waals surface area (Å²) >= 11 is 0. The Morgan fingerprint density at radius 2 is 1.12 bits per heavy atom. The molecule has 1 aromatic heterocycles. The van der Waals surface area contributed by atoms with E-state index in [0.29, 0.717) is 0 Å². The molecular weight excluding hydrogens is 309 g/mol. The summed E-state index contributed by atoms with van der Waals surface area (Å²) in [6.07, 6.45) is 1.80. The molecule has 4 aromatic rings. The van der Waals surface area contributed by atoms with Crippen LogP contribution in [0.5, 0.6) is 0 Å². The third-order valence-corrected chi connectivity index (χ3v) is 4.22. The number of pyridine rings is 1. The van der Waals surface area contributed by atoms with E-state index in [1.807, 2.05) is 36.4 Å². The van der Waals surface area contributed by atoms with E-state index in [1.54, 1.807) is 18.3 Å². The van der Waals surface area contributed by atoms with Crippen LogP contribution in [0.3, 0.4) is 0 Å². The molecular formula is C23H16FN. The first kappa shape index (κ1) is 15.3. The van der Waals surface area contributed by atoms with Crippen molar-refractivity contribution in [2.45, 2.75) is 0 Å². The van der Waals surface area contributed by atoms with Gasteiger partial charge >= 0.3 is 0 Å². The third kappa shape index (κ3) is 3.33. The second-order valence-electron chi connectivity index (χ2n) is 5.88. The molecule has 120 valence electrons. The maximum absolute atomic E-state index is 13.4. The van der Waals surface area contributed by atoms with E-state index in [9.17, 15) is 4.39 Å². The van der Waals surface area contributed by atoms with Crippen LogP contribution in [0.1, 0.15) is 0 Å². The van der Waals surface area contributed by atoms with Crippen molar-refractivity contribution < 1.29 is 4.39 Å². The van der Waals surface area contributed by atoms with Gasteiger partial charge in [-0.25, -0.2) is 4.39 Å². The molecule has 2 heteroatoms. The molecule has 0 unspecified atom stereocenters. The van der Waals surface area contributed by atoms with Crippen LogP contribution >= 0.6 is 0 Å². The van der Waals surface area contributed by atoms with Gasteiger partial charge in [-0.15, -0.1) is 0 Å². The molecule has 1 nitrogen and oxygen atoms in total. The molecule has 0 spiro atoms. The van der Waals surface area contributed by atoms with Gasteiger partial charge in [0.1, 0.15) is 5.82 Å². The largest absolute Gasteiger partial charge is 0.256 e. The molecule has 0 radical (unpaired) electrons. The number of hydrogen-bond donors (Lipinski definition) is 0. The van der Waals surface area contributed by atoms with Crippen molar-refractivity contribution in [3.05, 3.63) is 103 Å². The van der Waals surface area contributed by atoms with Crippen molar-refractivity contribution in [2.24, 2.45) is 0 Å². The van der Waals surface area contributed by atoms with Crippen LogP contribution in [-0.2, 0) is 0 Å². The summed E-state index contributed by atoms with van der Waals surface area (Å²) < 4.78 is 13.4. The lowest BCUT2D eigenvalue weighted by Crippen LogP contribution is -1.84. The van der Waals surface area contributed by atoms with Crippen molar-refractivity contribution in [1.82, 2.24) is 4.98 Å². The Labute approximate surface area is 146 Å². The highest BCUT2D eigenvalue weighted by Crippen LogP contribution is 2.27. The Morgan fingerprint density at radius 3 is 1.68 bits per heavy atom. The first-order valence-corrected chi connectivity index (χ1v) is 8.17. The number of hydrogen-bond acceptors (Lipinski definition) is 1. The molecule has 0 saturated carbocycles. The minimum absolute atomic E-state index is 0.216. The SMILES string of the molecule is Fc1cccc(-c2ccc(-c3ccc(-c4ccccn4)cc3)cc2)c1. The van der Waals surface area contributed by atoms with E-state index in [2.05, 4.69) is 41.4 Å². The Morgan fingerprint density at radius 1 is 0.520 bits per heavy atom. The fourth-order valence-corrected chi connectivity index (χ4v) is 2.89. The van der Waals surface area contributed by atoms with E-state index in [4.69, 9.17) is 0 Å². The van der Waals surface area contributed by atoms with Crippen LogP contribution in [0.25, 0.3) is 33.5 Å². The van der Waals surface area contributed by atoms with E-state index in [1.165, 1.54) is 6.07 Å². The molecule has 4 rings (SSSR count). The number of halogens is 1. The molecule has 0 N–H and O–H groups in total. The van der Waals surface area contributed by atoms with Gasteiger partial charge < -0.3 is 0 Å². The molecule has 0 aliphatic heterocycles. The monoisotopic (exact) mass is 325 g/mol. The molecule has 0 aliphatic carbocycles. The van der Waals surface area contributed by atoms with Crippen LogP contribution in [0.4, 0.5) is 4.39 Å². The molecule has 0 atom stereocenters. The molecule has 0 bridgehead atoms. The summed E-state index contributed by atoms with van der Waals surface area (Å²) in [5.74, 6) is -0.216. The van der Waals surface area contributed by atoms with Crippen molar-refractivity contribution in [2.75, 3.05) is 0 Å². The highest BCUT2D eigenvalue weighted by molar-refractivity contribution is 5.72. The summed E-state index contributed by atoms with van der Waals surface area (Å²) in [4.78, 5) is 4.37. The Kier molecular flexibility index (Phi) is 4.09. The predicted octanol–water partition coefficient (Wildman–Crippen LogP) is 6.22. The highest BCUT2D eigenvalue weighted by atomic mass is 19.1. The Hall–Kier alpha value is -3.26. The Balaban J connectivity index is 1.60. The number of rotatable bonds is 3. The van der Waals surface area contributed by atoms with Crippen LogP contribution in [0, 0.1) is 5.82 Å². The first-order valence-electron chi connectivity index (χ1n) is 8.17. The van der Waals surface area contributed by atoms with Crippen LogP contribution in [0.2, 0.25) is 0 Å². The van der Waals surface area contributed by atoms with Crippen LogP contribution < -0.4 is 0 Å². The zero-order chi connectivity index (χ0) is 17.1. The van der Waals surface area contributed by atoms with Gasteiger partial charge in [-0.2, -0.15) is 0 Å². The number of nitrogens with zero attached hydrogens (tertiary/aromatic N) is 1. The minimum Gasteiger partial charge on any atom is -0.256 e. The van der Waals surface area contributed by atoms with E-state index in [0.717, 1.165) is 33.5 Å². The normalized spacial score (nSPS) is 10.6. The summed E-state index contributed by atoms with van der Waals surface area (Å²) in [6, 6.07) is 29.1. The van der Waals surface area contributed by atoms with Crippen LogP contribution in [0.15, 0.2) is 97.2 Å². The number of benzene rings is 3. The van der Waals surface area contributed by atoms with Crippen molar-refractivity contribution in [3.63, 3.8) is 0 Å². The van der Waals surface area contributed by atoms with Gasteiger partial charge in [0.05, 0.1) is 5.69 Å².